The summed E-state index contributed by atoms with van der Waals surface area (Å²) >= 11 is 0. The smallest absolute Gasteiger partial charge is 0.339 e. The third-order valence-electron chi connectivity index (χ3n) is 2.81. The lowest BCUT2D eigenvalue weighted by atomic mass is 10.1. The molecule has 1 aromatic rings. The number of rotatable bonds is 6. The molecule has 0 aromatic heterocycles. The van der Waals surface area contributed by atoms with E-state index in [4.69, 9.17) is 9.47 Å². The van der Waals surface area contributed by atoms with Gasteiger partial charge in [0, 0.05) is 13.3 Å². The van der Waals surface area contributed by atoms with Crippen LogP contribution in [-0.4, -0.2) is 49.5 Å². The number of nitrogens with zero attached hydrogens (tertiary/aromatic N) is 1. The Morgan fingerprint density at radius 2 is 1.96 bits per heavy atom. The van der Waals surface area contributed by atoms with Crippen LogP contribution in [0.5, 0.6) is 0 Å². The molecule has 1 rings (SSSR count). The molecule has 126 valence electrons. The van der Waals surface area contributed by atoms with Crippen molar-refractivity contribution in [3.63, 3.8) is 0 Å². The maximum atomic E-state index is 12.5. The van der Waals surface area contributed by atoms with E-state index in [1.54, 1.807) is 33.7 Å². The van der Waals surface area contributed by atoms with E-state index in [1.807, 2.05) is 30.3 Å². The normalized spacial score (nSPS) is 14.5. The average Bonchev–Trinajstić information content (AvgIpc) is 2.45. The molecule has 0 saturated carbocycles. The minimum absolute atomic E-state index is 0.0990. The highest BCUT2D eigenvalue weighted by Crippen LogP contribution is 2.17. The number of esters is 1. The van der Waals surface area contributed by atoms with Crippen molar-refractivity contribution in [1.29, 1.82) is 0 Å². The molecule has 0 saturated heterocycles. The van der Waals surface area contributed by atoms with Crippen LogP contribution in [0.3, 0.4) is 0 Å². The number of methoxy groups -OCH3 is 1. The number of ether oxygens (including phenoxy) is 2. The molecular formula is C17H24NO4P. The molecular weight excluding hydrogens is 313 g/mol. The highest BCUT2D eigenvalue weighted by Gasteiger charge is 2.32. The van der Waals surface area contributed by atoms with Gasteiger partial charge in [-0.2, -0.15) is 0 Å². The Labute approximate surface area is 138 Å². The zero-order valence-corrected chi connectivity index (χ0v) is 15.2. The van der Waals surface area contributed by atoms with E-state index in [0.29, 0.717) is 5.29 Å². The number of benzene rings is 1. The van der Waals surface area contributed by atoms with Crippen LogP contribution in [0, 0.1) is 0 Å². The molecule has 6 heteroatoms. The number of hydrogen-bond donors (Lipinski definition) is 0. The first kappa shape index (κ1) is 19.5. The van der Waals surface area contributed by atoms with Crippen molar-refractivity contribution < 1.29 is 19.2 Å². The third kappa shape index (κ3) is 7.04. The Morgan fingerprint density at radius 1 is 1.35 bits per heavy atom. The second kappa shape index (κ2) is 8.92. The van der Waals surface area contributed by atoms with E-state index < -0.39 is 25.4 Å². The summed E-state index contributed by atoms with van der Waals surface area (Å²) in [6.45, 7) is 6.99. The molecule has 0 amide bonds. The van der Waals surface area contributed by atoms with E-state index in [-0.39, 0.29) is 6.61 Å². The van der Waals surface area contributed by atoms with Crippen molar-refractivity contribution in [2.75, 3.05) is 20.4 Å². The van der Waals surface area contributed by atoms with E-state index in [0.717, 1.165) is 5.56 Å². The van der Waals surface area contributed by atoms with Crippen molar-refractivity contribution in [2.45, 2.75) is 32.4 Å². The quantitative estimate of drug-likeness (QED) is 0.452. The number of aliphatic imine (C=N–C) groups is 1. The van der Waals surface area contributed by atoms with Crippen molar-refractivity contribution in [3.8, 4) is 0 Å². The van der Waals surface area contributed by atoms with Gasteiger partial charge in [-0.05, 0) is 26.3 Å². The molecule has 0 aliphatic carbocycles. The van der Waals surface area contributed by atoms with Crippen LogP contribution < -0.4 is 4.89 Å². The summed E-state index contributed by atoms with van der Waals surface area (Å²) in [6.07, 6.45) is 1.59. The van der Waals surface area contributed by atoms with Gasteiger partial charge in [0.1, 0.15) is 12.2 Å². The second-order valence-electron chi connectivity index (χ2n) is 6.05. The molecule has 0 aliphatic heterocycles. The molecule has 0 heterocycles. The maximum absolute atomic E-state index is 12.5. The van der Waals surface area contributed by atoms with Crippen LogP contribution in [0.4, 0.5) is 0 Å². The zero-order chi connectivity index (χ0) is 17.5. The topological polar surface area (TPSA) is 71.0 Å². The van der Waals surface area contributed by atoms with Crippen LogP contribution in [0.1, 0.15) is 26.3 Å². The van der Waals surface area contributed by atoms with Crippen molar-refractivity contribution in [3.05, 3.63) is 35.9 Å². The SMILES string of the molecule is COCC([C@@H](N=Cc1ccccc1)C(=O)OC(C)(C)C)=[P+](C)[O-]. The standard InChI is InChI=1S/C17H24NO4P/c1-17(2,3)22-16(19)15(14(12-21-4)23(5)20)18-11-13-9-7-6-8-10-13/h6-11,15H,12H2,1-5H3/t15-/m1/s1. The fraction of sp³-hybridized carbons (Fsp3) is 0.471. The van der Waals surface area contributed by atoms with Gasteiger partial charge in [0.15, 0.2) is 5.29 Å². The van der Waals surface area contributed by atoms with Gasteiger partial charge in [-0.25, -0.2) is 4.79 Å². The number of carbonyl (C=O) groups excluding carboxylic acids is 1. The first-order chi connectivity index (χ1) is 10.7. The van der Waals surface area contributed by atoms with Crippen molar-refractivity contribution >= 4 is 25.2 Å². The number of carbonyl (C=O) groups is 1. The Hall–Kier alpha value is -1.55. The van der Waals surface area contributed by atoms with E-state index in [2.05, 4.69) is 4.99 Å². The van der Waals surface area contributed by atoms with Gasteiger partial charge >= 0.3 is 5.97 Å². The third-order valence-corrected chi connectivity index (χ3v) is 4.00. The molecule has 0 aliphatic rings. The maximum Gasteiger partial charge on any atom is 0.339 e. The minimum atomic E-state index is -1.74. The zero-order valence-electron chi connectivity index (χ0n) is 14.3. The predicted octanol–water partition coefficient (Wildman–Crippen LogP) is 2.02. The fourth-order valence-electron chi connectivity index (χ4n) is 1.83. The second-order valence-corrected chi connectivity index (χ2v) is 7.62. The van der Waals surface area contributed by atoms with Crippen LogP contribution in [0.2, 0.25) is 0 Å². The Kier molecular flexibility index (Phi) is 7.56. The Balaban J connectivity index is 3.12. The van der Waals surface area contributed by atoms with Gasteiger partial charge < -0.3 is 14.4 Å². The molecule has 0 spiro atoms. The van der Waals surface area contributed by atoms with Gasteiger partial charge in [0.2, 0.25) is 6.04 Å². The monoisotopic (exact) mass is 337 g/mol. The van der Waals surface area contributed by atoms with E-state index >= 15 is 0 Å². The lowest BCUT2D eigenvalue weighted by molar-refractivity contribution is -0.156. The molecule has 0 N–H and O–H groups in total. The predicted molar refractivity (Wildman–Crippen MR) is 93.4 cm³/mol. The summed E-state index contributed by atoms with van der Waals surface area (Å²) in [5, 5.41) is 0.420. The lowest BCUT2D eigenvalue weighted by Gasteiger charge is -2.22. The Morgan fingerprint density at radius 3 is 2.43 bits per heavy atom. The summed E-state index contributed by atoms with van der Waals surface area (Å²) in [4.78, 5) is 28.8. The van der Waals surface area contributed by atoms with Gasteiger partial charge in [0.05, 0.1) is 14.4 Å². The van der Waals surface area contributed by atoms with E-state index in [1.165, 1.54) is 7.11 Å². The van der Waals surface area contributed by atoms with Gasteiger partial charge in [-0.1, -0.05) is 30.3 Å². The highest BCUT2D eigenvalue weighted by atomic mass is 31.1. The summed E-state index contributed by atoms with van der Waals surface area (Å²) < 4.78 is 10.5. The molecule has 0 bridgehead atoms. The molecule has 2 atom stereocenters. The minimum Gasteiger partial charge on any atom is -0.631 e. The summed E-state index contributed by atoms with van der Waals surface area (Å²) in [5.74, 6) is -0.526. The van der Waals surface area contributed by atoms with Crippen molar-refractivity contribution in [2.24, 2.45) is 4.99 Å². The summed E-state index contributed by atoms with van der Waals surface area (Å²) in [7, 11) is -0.245. The average molecular weight is 337 g/mol. The van der Waals surface area contributed by atoms with Crippen molar-refractivity contribution in [1.82, 2.24) is 0 Å². The first-order valence-electron chi connectivity index (χ1n) is 7.31. The molecule has 23 heavy (non-hydrogen) atoms. The number of hydrogen-bond acceptors (Lipinski definition) is 5. The largest absolute Gasteiger partial charge is 0.631 e. The van der Waals surface area contributed by atoms with Gasteiger partial charge in [0.25, 0.3) is 0 Å². The molecule has 0 fully saturated rings. The molecule has 1 unspecified atom stereocenters. The highest BCUT2D eigenvalue weighted by molar-refractivity contribution is 7.51. The molecule has 5 nitrogen and oxygen atoms in total. The van der Waals surface area contributed by atoms with Gasteiger partial charge in [-0.15, -0.1) is 0 Å². The first-order valence-corrected chi connectivity index (χ1v) is 9.02. The van der Waals surface area contributed by atoms with Crippen LogP contribution in [0.15, 0.2) is 35.3 Å². The Bertz CT molecular complexity index is 572. The van der Waals surface area contributed by atoms with Gasteiger partial charge in [-0.3, -0.25) is 4.99 Å². The van der Waals surface area contributed by atoms with Crippen LogP contribution >= 0.6 is 7.77 Å². The lowest BCUT2D eigenvalue weighted by Crippen LogP contribution is -2.38. The summed E-state index contributed by atoms with van der Waals surface area (Å²) in [5.41, 5.74) is 0.207. The molecule has 1 aromatic carbocycles. The van der Waals surface area contributed by atoms with E-state index in [9.17, 15) is 9.69 Å². The van der Waals surface area contributed by atoms with Crippen LogP contribution in [-0.2, 0) is 14.3 Å². The molecule has 0 radical (unpaired) electrons. The van der Waals surface area contributed by atoms with Crippen LogP contribution in [0.25, 0.3) is 0 Å². The fourth-order valence-corrected chi connectivity index (χ4v) is 2.66. The summed E-state index contributed by atoms with van der Waals surface area (Å²) in [6, 6.07) is 8.46.